The number of hydrogen-bond donors (Lipinski definition) is 3. The van der Waals surface area contributed by atoms with Crippen LogP contribution in [0.2, 0.25) is 5.02 Å². The van der Waals surface area contributed by atoms with Crippen molar-refractivity contribution in [3.8, 4) is 10.4 Å². The van der Waals surface area contributed by atoms with E-state index in [4.69, 9.17) is 16.7 Å². The maximum absolute atomic E-state index is 13.2. The molecule has 0 aliphatic heterocycles. The van der Waals surface area contributed by atoms with E-state index in [1.165, 1.54) is 6.07 Å². The molecule has 1 heterocycles. The molecule has 11 heteroatoms. The fraction of sp³-hybridized carbons (Fsp3) is 0.292. The van der Waals surface area contributed by atoms with Gasteiger partial charge in [-0.05, 0) is 61.6 Å². The van der Waals surface area contributed by atoms with Gasteiger partial charge in [0.1, 0.15) is 0 Å². The molecule has 0 unspecified atom stereocenters. The highest BCUT2D eigenvalue weighted by molar-refractivity contribution is 7.15. The van der Waals surface area contributed by atoms with E-state index in [-0.39, 0.29) is 16.9 Å². The fourth-order valence-corrected chi connectivity index (χ4v) is 5.32. The highest BCUT2D eigenvalue weighted by atomic mass is 35.5. The number of carbonyl (C=O) groups is 2. The van der Waals surface area contributed by atoms with Crippen molar-refractivity contribution in [2.24, 2.45) is 5.92 Å². The number of alkyl halides is 3. The average Bonchev–Trinajstić information content (AvgIpc) is 3.30. The number of urea groups is 1. The Balaban J connectivity index is 1.38. The molecule has 2 amide bonds. The van der Waals surface area contributed by atoms with Gasteiger partial charge < -0.3 is 15.7 Å². The Labute approximate surface area is 208 Å². The number of carboxylic acids is 1. The molecule has 1 saturated carbocycles. The van der Waals surface area contributed by atoms with E-state index >= 15 is 0 Å². The summed E-state index contributed by atoms with van der Waals surface area (Å²) >= 11 is 7.22. The number of nitrogens with one attached hydrogen (secondary N) is 2. The Bertz CT molecular complexity index is 1220. The van der Waals surface area contributed by atoms with Crippen molar-refractivity contribution in [2.45, 2.75) is 37.8 Å². The number of aliphatic carboxylic acids is 1. The zero-order valence-corrected chi connectivity index (χ0v) is 19.8. The number of rotatable bonds is 5. The molecule has 0 saturated heterocycles. The maximum Gasteiger partial charge on any atom is 0.418 e. The first-order valence-electron chi connectivity index (χ1n) is 10.8. The molecule has 35 heavy (non-hydrogen) atoms. The number of carboxylic acid groups (broad SMARTS) is 1. The Kier molecular flexibility index (Phi) is 7.32. The van der Waals surface area contributed by atoms with Crippen LogP contribution in [0, 0.1) is 5.92 Å². The van der Waals surface area contributed by atoms with Crippen LogP contribution in [0.3, 0.4) is 0 Å². The number of hydrogen-bond acceptors (Lipinski definition) is 4. The van der Waals surface area contributed by atoms with Crippen LogP contribution >= 0.6 is 22.9 Å². The van der Waals surface area contributed by atoms with Gasteiger partial charge in [-0.25, -0.2) is 9.78 Å². The number of halogens is 4. The van der Waals surface area contributed by atoms with Crippen LogP contribution in [-0.2, 0) is 11.0 Å². The topological polar surface area (TPSA) is 91.3 Å². The van der Waals surface area contributed by atoms with Crippen molar-refractivity contribution in [1.82, 2.24) is 4.98 Å². The third-order valence-electron chi connectivity index (χ3n) is 5.91. The van der Waals surface area contributed by atoms with Crippen LogP contribution < -0.4 is 10.6 Å². The lowest BCUT2D eigenvalue weighted by Gasteiger charge is -2.24. The van der Waals surface area contributed by atoms with Gasteiger partial charge in [-0.15, -0.1) is 11.3 Å². The third kappa shape index (κ3) is 6.12. The molecule has 3 N–H and O–H groups in total. The number of anilines is 2. The van der Waals surface area contributed by atoms with Gasteiger partial charge in [0.25, 0.3) is 0 Å². The standard InChI is InChI=1S/C24H21ClF3N3O3S/c25-16-7-10-19(18(11-16)24(26,27)28)31-23(34)30-17-8-5-13(6-9-17)20-12-29-21(35-20)14-1-3-15(4-2-14)22(32)33/h5-12,14-15H,1-4H2,(H,32,33)(H2,30,31,34). The van der Waals surface area contributed by atoms with Crippen molar-refractivity contribution < 1.29 is 27.9 Å². The number of aromatic nitrogens is 1. The Morgan fingerprint density at radius 1 is 1.03 bits per heavy atom. The lowest BCUT2D eigenvalue weighted by Crippen LogP contribution is -2.21. The fourth-order valence-electron chi connectivity index (χ4n) is 4.06. The van der Waals surface area contributed by atoms with E-state index in [9.17, 15) is 22.8 Å². The molecule has 1 fully saturated rings. The molecule has 2 aromatic carbocycles. The van der Waals surface area contributed by atoms with E-state index in [0.29, 0.717) is 18.5 Å². The lowest BCUT2D eigenvalue weighted by atomic mass is 9.82. The minimum atomic E-state index is -4.67. The summed E-state index contributed by atoms with van der Waals surface area (Å²) in [5, 5.41) is 14.8. The molecular weight excluding hydrogens is 503 g/mol. The SMILES string of the molecule is O=C(Nc1ccc(-c2cnc(C3CCC(C(=O)O)CC3)s2)cc1)Nc1ccc(Cl)cc1C(F)(F)F. The molecule has 1 aliphatic rings. The van der Waals surface area contributed by atoms with Gasteiger partial charge in [0.15, 0.2) is 0 Å². The van der Waals surface area contributed by atoms with E-state index in [2.05, 4.69) is 15.6 Å². The van der Waals surface area contributed by atoms with Crippen LogP contribution in [0.15, 0.2) is 48.7 Å². The summed E-state index contributed by atoms with van der Waals surface area (Å²) in [6.07, 6.45) is 0.00274. The zero-order chi connectivity index (χ0) is 25.2. The predicted molar refractivity (Wildman–Crippen MR) is 129 cm³/mol. The largest absolute Gasteiger partial charge is 0.481 e. The average molecular weight is 524 g/mol. The number of nitrogens with zero attached hydrogens (tertiary/aromatic N) is 1. The highest BCUT2D eigenvalue weighted by Crippen LogP contribution is 2.40. The van der Waals surface area contributed by atoms with E-state index in [1.807, 2.05) is 0 Å². The van der Waals surface area contributed by atoms with Crippen LogP contribution in [0.25, 0.3) is 10.4 Å². The summed E-state index contributed by atoms with van der Waals surface area (Å²) in [7, 11) is 0. The van der Waals surface area contributed by atoms with Crippen molar-refractivity contribution in [2.75, 3.05) is 10.6 Å². The molecule has 0 spiro atoms. The molecule has 6 nitrogen and oxygen atoms in total. The van der Waals surface area contributed by atoms with Crippen molar-refractivity contribution in [3.63, 3.8) is 0 Å². The summed E-state index contributed by atoms with van der Waals surface area (Å²) in [5.74, 6) is -0.759. The van der Waals surface area contributed by atoms with Gasteiger partial charge in [0.05, 0.1) is 27.1 Å². The van der Waals surface area contributed by atoms with Crippen molar-refractivity contribution >= 4 is 46.3 Å². The second-order valence-electron chi connectivity index (χ2n) is 8.29. The van der Waals surface area contributed by atoms with Crippen LogP contribution in [0.4, 0.5) is 29.3 Å². The summed E-state index contributed by atoms with van der Waals surface area (Å²) in [6, 6.07) is 9.19. The van der Waals surface area contributed by atoms with Gasteiger partial charge >= 0.3 is 18.2 Å². The Morgan fingerprint density at radius 3 is 2.34 bits per heavy atom. The van der Waals surface area contributed by atoms with Crippen molar-refractivity contribution in [3.05, 3.63) is 64.3 Å². The molecule has 184 valence electrons. The van der Waals surface area contributed by atoms with E-state index in [0.717, 1.165) is 40.4 Å². The normalized spacial score (nSPS) is 18.2. The van der Waals surface area contributed by atoms with Gasteiger partial charge in [-0.2, -0.15) is 13.2 Å². The molecule has 0 radical (unpaired) electrons. The van der Waals surface area contributed by atoms with E-state index < -0.39 is 29.4 Å². The minimum Gasteiger partial charge on any atom is -0.481 e. The molecule has 4 rings (SSSR count). The number of amides is 2. The van der Waals surface area contributed by atoms with Gasteiger partial charge in [0, 0.05) is 22.8 Å². The van der Waals surface area contributed by atoms with Crippen LogP contribution in [0.1, 0.15) is 42.2 Å². The first kappa shape index (κ1) is 25.0. The summed E-state index contributed by atoms with van der Waals surface area (Å²) < 4.78 is 39.7. The number of benzene rings is 2. The third-order valence-corrected chi connectivity index (χ3v) is 7.36. The van der Waals surface area contributed by atoms with Gasteiger partial charge in [0.2, 0.25) is 0 Å². The van der Waals surface area contributed by atoms with E-state index in [1.54, 1.807) is 41.8 Å². The number of thiazole rings is 1. The summed E-state index contributed by atoms with van der Waals surface area (Å²) in [5.41, 5.74) is -0.139. The quantitative estimate of drug-likeness (QED) is 0.323. The maximum atomic E-state index is 13.2. The highest BCUT2D eigenvalue weighted by Gasteiger charge is 2.34. The zero-order valence-electron chi connectivity index (χ0n) is 18.2. The molecule has 0 atom stereocenters. The summed E-state index contributed by atoms with van der Waals surface area (Å²) in [6.45, 7) is 0. The lowest BCUT2D eigenvalue weighted by molar-refractivity contribution is -0.143. The van der Waals surface area contributed by atoms with Gasteiger partial charge in [-0.3, -0.25) is 4.79 Å². The summed E-state index contributed by atoms with van der Waals surface area (Å²) in [4.78, 5) is 28.9. The predicted octanol–water partition coefficient (Wildman–Crippen LogP) is 7.48. The number of carbonyl (C=O) groups excluding carboxylic acids is 1. The van der Waals surface area contributed by atoms with Crippen LogP contribution in [0.5, 0.6) is 0 Å². The Morgan fingerprint density at radius 2 is 1.71 bits per heavy atom. The molecule has 3 aromatic rings. The Hall–Kier alpha value is -3.11. The molecule has 1 aliphatic carbocycles. The smallest absolute Gasteiger partial charge is 0.418 e. The van der Waals surface area contributed by atoms with Gasteiger partial charge in [-0.1, -0.05) is 23.7 Å². The second-order valence-corrected chi connectivity index (χ2v) is 9.79. The first-order valence-corrected chi connectivity index (χ1v) is 12.0. The van der Waals surface area contributed by atoms with Crippen LogP contribution in [-0.4, -0.2) is 22.1 Å². The molecule has 0 bridgehead atoms. The molecular formula is C24H21ClF3N3O3S. The monoisotopic (exact) mass is 523 g/mol. The first-order chi connectivity index (χ1) is 16.6. The second kappa shape index (κ2) is 10.2. The minimum absolute atomic E-state index is 0.0851. The molecule has 1 aromatic heterocycles. The van der Waals surface area contributed by atoms with Crippen molar-refractivity contribution in [1.29, 1.82) is 0 Å².